The number of hydrogen-bond donors (Lipinski definition) is 0. The van der Waals surface area contributed by atoms with Crippen LogP contribution in [0.5, 0.6) is 0 Å². The van der Waals surface area contributed by atoms with Crippen molar-refractivity contribution in [1.29, 1.82) is 0 Å². The maximum absolute atomic E-state index is 12.6. The lowest BCUT2D eigenvalue weighted by atomic mass is 9.72. The van der Waals surface area contributed by atoms with Gasteiger partial charge in [-0.05, 0) is 24.7 Å². The Kier molecular flexibility index (Phi) is 1.58. The lowest BCUT2D eigenvalue weighted by Gasteiger charge is -2.31. The first kappa shape index (κ1) is 9.95. The molecule has 2 saturated carbocycles. The average molecular weight is 284 g/mol. The highest BCUT2D eigenvalue weighted by molar-refractivity contribution is 9.10. The minimum absolute atomic E-state index is 0.0483. The molecule has 5 heteroatoms. The third-order valence-corrected chi connectivity index (χ3v) is 7.25. The quantitative estimate of drug-likeness (QED) is 0.478. The van der Waals surface area contributed by atoms with E-state index in [1.54, 1.807) is 0 Å². The molecule has 86 valence electrons. The van der Waals surface area contributed by atoms with Crippen molar-refractivity contribution in [3.05, 3.63) is 0 Å². The number of carbonyl (C=O) groups is 1. The summed E-state index contributed by atoms with van der Waals surface area (Å²) in [5.41, 5.74) is 0.189. The van der Waals surface area contributed by atoms with Crippen LogP contribution in [0.3, 0.4) is 0 Å². The maximum Gasteiger partial charge on any atom is 0.232 e. The van der Waals surface area contributed by atoms with E-state index in [0.717, 1.165) is 13.0 Å². The van der Waals surface area contributed by atoms with E-state index < -0.39 is 0 Å². The van der Waals surface area contributed by atoms with Crippen LogP contribution < -0.4 is 0 Å². The zero-order valence-electron chi connectivity index (χ0n) is 9.46. The molecule has 0 bridgehead atoms. The Morgan fingerprint density at radius 3 is 2.75 bits per heavy atom. The molecule has 2 spiro atoms. The Labute approximate surface area is 104 Å². The van der Waals surface area contributed by atoms with Crippen molar-refractivity contribution < 1.29 is 9.53 Å². The molecule has 0 aromatic carbocycles. The van der Waals surface area contributed by atoms with E-state index in [0.29, 0.717) is 18.7 Å². The number of alkyl halides is 1. The number of carbonyl (C=O) groups excluding carboxylic acids is 1. The summed E-state index contributed by atoms with van der Waals surface area (Å²) in [5.74, 6) is 0.356. The van der Waals surface area contributed by atoms with Gasteiger partial charge in [-0.2, -0.15) is 0 Å². The maximum atomic E-state index is 12.6. The first-order valence-electron chi connectivity index (χ1n) is 6.15. The van der Waals surface area contributed by atoms with Gasteiger partial charge in [0.15, 0.2) is 0 Å². The van der Waals surface area contributed by atoms with E-state index in [9.17, 15) is 4.79 Å². The van der Waals surface area contributed by atoms with Crippen LogP contribution in [0, 0.1) is 10.8 Å². The summed E-state index contributed by atoms with van der Waals surface area (Å²) in [5, 5.41) is 0. The van der Waals surface area contributed by atoms with Gasteiger partial charge in [0.05, 0.1) is 18.1 Å². The average Bonchev–Trinajstić information content (AvgIpc) is 2.54. The number of fused-ring (bicyclic) bond motifs is 2. The number of amides is 1. The Morgan fingerprint density at radius 1 is 1.50 bits per heavy atom. The standard InChI is InChI=1S/C11H15BBrNO2/c12-11(13)9(2-1-3-9)10(11)4-7-5-16-6-14(7)8(10)15/h7H,1-6,12H2/t7?,10-,11?/m1/s1. The molecule has 4 fully saturated rings. The monoisotopic (exact) mass is 283 g/mol. The minimum Gasteiger partial charge on any atom is -0.359 e. The summed E-state index contributed by atoms with van der Waals surface area (Å²) < 4.78 is 5.43. The van der Waals surface area contributed by atoms with Crippen molar-refractivity contribution in [2.75, 3.05) is 13.3 Å². The number of hydrogen-bond acceptors (Lipinski definition) is 2. The second-order valence-electron chi connectivity index (χ2n) is 5.98. The van der Waals surface area contributed by atoms with Crippen molar-refractivity contribution in [1.82, 2.24) is 4.90 Å². The van der Waals surface area contributed by atoms with Gasteiger partial charge in [-0.3, -0.25) is 4.79 Å². The highest BCUT2D eigenvalue weighted by Gasteiger charge is 2.89. The van der Waals surface area contributed by atoms with E-state index in [1.165, 1.54) is 19.3 Å². The highest BCUT2D eigenvalue weighted by Crippen LogP contribution is 2.86. The molecule has 0 N–H and O–H groups in total. The van der Waals surface area contributed by atoms with Crippen LogP contribution in [-0.2, 0) is 9.53 Å². The predicted molar refractivity (Wildman–Crippen MR) is 65.0 cm³/mol. The van der Waals surface area contributed by atoms with Crippen LogP contribution in [0.25, 0.3) is 0 Å². The first-order chi connectivity index (χ1) is 7.57. The second kappa shape index (κ2) is 2.53. The number of rotatable bonds is 0. The van der Waals surface area contributed by atoms with Gasteiger partial charge in [-0.1, -0.05) is 22.4 Å². The molecular weight excluding hydrogens is 269 g/mol. The Bertz CT molecular complexity index is 395. The summed E-state index contributed by atoms with van der Waals surface area (Å²) in [7, 11) is 2.23. The molecule has 0 aromatic rings. The van der Waals surface area contributed by atoms with Crippen molar-refractivity contribution in [2.24, 2.45) is 10.8 Å². The van der Waals surface area contributed by atoms with Crippen LogP contribution in [0.15, 0.2) is 0 Å². The summed E-state index contributed by atoms with van der Waals surface area (Å²) in [4.78, 5) is 14.6. The summed E-state index contributed by atoms with van der Waals surface area (Å²) >= 11 is 3.86. The lowest BCUT2D eigenvalue weighted by molar-refractivity contribution is -0.135. The van der Waals surface area contributed by atoms with Crippen molar-refractivity contribution in [2.45, 2.75) is 35.9 Å². The summed E-state index contributed by atoms with van der Waals surface area (Å²) in [6.45, 7) is 1.26. The largest absolute Gasteiger partial charge is 0.359 e. The van der Waals surface area contributed by atoms with E-state index in [2.05, 4.69) is 23.8 Å². The number of halogens is 1. The third kappa shape index (κ3) is 0.700. The SMILES string of the molecule is BC1(Br)C2(CCC2)[C@]12CC1COCN1C2=O. The molecule has 2 aliphatic heterocycles. The molecule has 2 aliphatic carbocycles. The predicted octanol–water partition coefficient (Wildman–Crippen LogP) is 0.470. The Morgan fingerprint density at radius 2 is 2.25 bits per heavy atom. The second-order valence-corrected chi connectivity index (χ2v) is 7.56. The van der Waals surface area contributed by atoms with Crippen LogP contribution in [0.2, 0.25) is 0 Å². The van der Waals surface area contributed by atoms with Crippen molar-refractivity contribution in [3.63, 3.8) is 0 Å². The van der Waals surface area contributed by atoms with Crippen LogP contribution in [-0.4, -0.2) is 42.3 Å². The van der Waals surface area contributed by atoms with Crippen molar-refractivity contribution >= 4 is 29.7 Å². The van der Waals surface area contributed by atoms with Gasteiger partial charge < -0.3 is 9.64 Å². The van der Waals surface area contributed by atoms with Gasteiger partial charge in [-0.25, -0.2) is 0 Å². The molecule has 16 heavy (non-hydrogen) atoms. The molecule has 4 aliphatic rings. The van der Waals surface area contributed by atoms with E-state index in [1.807, 2.05) is 4.90 Å². The summed E-state index contributed by atoms with van der Waals surface area (Å²) in [6, 6.07) is 0.351. The fourth-order valence-electron chi connectivity index (χ4n) is 4.70. The summed E-state index contributed by atoms with van der Waals surface area (Å²) in [6.07, 6.45) is 4.74. The van der Waals surface area contributed by atoms with E-state index >= 15 is 0 Å². The number of ether oxygens (including phenoxy) is 1. The van der Waals surface area contributed by atoms with Crippen LogP contribution >= 0.6 is 15.9 Å². The first-order valence-corrected chi connectivity index (χ1v) is 6.94. The molecule has 2 saturated heterocycles. The van der Waals surface area contributed by atoms with Gasteiger partial charge in [-0.15, -0.1) is 0 Å². The van der Waals surface area contributed by atoms with E-state index in [4.69, 9.17) is 4.74 Å². The molecule has 0 radical (unpaired) electrons. The van der Waals surface area contributed by atoms with Crippen molar-refractivity contribution in [3.8, 4) is 0 Å². The van der Waals surface area contributed by atoms with E-state index in [-0.39, 0.29) is 15.1 Å². The minimum atomic E-state index is -0.0906. The Balaban J connectivity index is 1.77. The molecule has 3 atom stereocenters. The van der Waals surface area contributed by atoms with Gasteiger partial charge in [0.25, 0.3) is 0 Å². The van der Waals surface area contributed by atoms with Gasteiger partial charge >= 0.3 is 0 Å². The fraction of sp³-hybridized carbons (Fsp3) is 0.909. The Hall–Kier alpha value is -0.0251. The smallest absolute Gasteiger partial charge is 0.232 e. The lowest BCUT2D eigenvalue weighted by Crippen LogP contribution is -2.33. The molecule has 2 unspecified atom stereocenters. The molecular formula is C11H15BBrNO2. The zero-order valence-corrected chi connectivity index (χ0v) is 11.0. The molecule has 2 heterocycles. The molecule has 1 amide bonds. The topological polar surface area (TPSA) is 29.5 Å². The third-order valence-electron chi connectivity index (χ3n) is 5.81. The normalized spacial score (nSPS) is 52.2. The number of nitrogens with zero attached hydrogens (tertiary/aromatic N) is 1. The van der Waals surface area contributed by atoms with Crippen LogP contribution in [0.4, 0.5) is 0 Å². The van der Waals surface area contributed by atoms with Gasteiger partial charge in [0, 0.05) is 4.22 Å². The molecule has 0 aromatic heterocycles. The molecule has 3 nitrogen and oxygen atoms in total. The molecule has 4 rings (SSSR count). The van der Waals surface area contributed by atoms with Crippen LogP contribution in [0.1, 0.15) is 25.7 Å². The highest BCUT2D eigenvalue weighted by atomic mass is 79.9. The zero-order chi connectivity index (χ0) is 11.2. The fourth-order valence-corrected chi connectivity index (χ4v) is 6.04. The van der Waals surface area contributed by atoms with Gasteiger partial charge in [0.1, 0.15) is 14.6 Å². The van der Waals surface area contributed by atoms with Gasteiger partial charge in [0.2, 0.25) is 5.91 Å².